The van der Waals surface area contributed by atoms with Crippen LogP contribution in [0.5, 0.6) is 0 Å². The molecule has 0 radical (unpaired) electrons. The molecule has 0 saturated heterocycles. The zero-order valence-corrected chi connectivity index (χ0v) is 6.66. The van der Waals surface area contributed by atoms with Gasteiger partial charge in [0, 0.05) is 5.92 Å². The monoisotopic (exact) mass is 162 g/mol. The number of furan rings is 1. The molecule has 1 heterocycles. The molecule has 0 bridgehead atoms. The van der Waals surface area contributed by atoms with Crippen LogP contribution in [0.15, 0.2) is 22.8 Å². The minimum absolute atomic E-state index is 0.523. The van der Waals surface area contributed by atoms with Gasteiger partial charge in [-0.3, -0.25) is 0 Å². The summed E-state index contributed by atoms with van der Waals surface area (Å²) in [7, 11) is 0. The fraction of sp³-hybridized carbons (Fsp3) is 0.400. The van der Waals surface area contributed by atoms with E-state index in [1.807, 2.05) is 0 Å². The largest absolute Gasteiger partial charge is 0.466 e. The maximum atomic E-state index is 9.42. The molecule has 12 heavy (non-hydrogen) atoms. The lowest BCUT2D eigenvalue weighted by molar-refractivity contribution is 0.206. The molecule has 1 aromatic rings. The predicted octanol–water partition coefficient (Wildman–Crippen LogP) is 1.73. The Morgan fingerprint density at radius 3 is 3.00 bits per heavy atom. The molecule has 1 aliphatic carbocycles. The molecule has 1 N–H and O–H groups in total. The Morgan fingerprint density at radius 1 is 1.58 bits per heavy atom. The molecule has 0 spiro atoms. The van der Waals surface area contributed by atoms with Crippen molar-refractivity contribution in [3.63, 3.8) is 0 Å². The van der Waals surface area contributed by atoms with E-state index in [1.54, 1.807) is 12.1 Å². The Kier molecular flexibility index (Phi) is 1.89. The maximum absolute atomic E-state index is 9.42. The third kappa shape index (κ3) is 1.69. The van der Waals surface area contributed by atoms with E-state index < -0.39 is 6.10 Å². The molecule has 2 nitrogen and oxygen atoms in total. The first-order valence-electron chi connectivity index (χ1n) is 4.09. The van der Waals surface area contributed by atoms with E-state index >= 15 is 0 Å². The van der Waals surface area contributed by atoms with Gasteiger partial charge in [-0.2, -0.15) is 0 Å². The zero-order chi connectivity index (χ0) is 8.39. The Labute approximate surface area is 71.2 Å². The van der Waals surface area contributed by atoms with Gasteiger partial charge in [0.1, 0.15) is 5.76 Å². The summed E-state index contributed by atoms with van der Waals surface area (Å²) in [5, 5.41) is 9.42. The van der Waals surface area contributed by atoms with E-state index in [0.717, 1.165) is 0 Å². The van der Waals surface area contributed by atoms with Crippen LogP contribution in [0.3, 0.4) is 0 Å². The third-order valence-corrected chi connectivity index (χ3v) is 1.81. The van der Waals surface area contributed by atoms with Crippen molar-refractivity contribution < 1.29 is 9.52 Å². The smallest absolute Gasteiger partial charge is 0.172 e. The molecule has 0 amide bonds. The Hall–Kier alpha value is -1.20. The van der Waals surface area contributed by atoms with Crippen LogP contribution in [0.4, 0.5) is 0 Å². The number of hydrogen-bond donors (Lipinski definition) is 1. The number of aliphatic hydroxyl groups excluding tert-OH is 1. The van der Waals surface area contributed by atoms with Crippen LogP contribution in [-0.2, 0) is 0 Å². The summed E-state index contributed by atoms with van der Waals surface area (Å²) in [6.45, 7) is 0. The third-order valence-electron chi connectivity index (χ3n) is 1.81. The summed E-state index contributed by atoms with van der Waals surface area (Å²) >= 11 is 0. The van der Waals surface area contributed by atoms with Gasteiger partial charge in [-0.15, -0.1) is 0 Å². The highest BCUT2D eigenvalue weighted by molar-refractivity contribution is 5.18. The molecule has 1 aliphatic rings. The summed E-state index contributed by atoms with van der Waals surface area (Å²) < 4.78 is 5.00. The van der Waals surface area contributed by atoms with Gasteiger partial charge < -0.3 is 9.52 Å². The van der Waals surface area contributed by atoms with Gasteiger partial charge in [0.2, 0.25) is 0 Å². The van der Waals surface area contributed by atoms with Crippen LogP contribution in [0.2, 0.25) is 0 Å². The Morgan fingerprint density at radius 2 is 2.42 bits per heavy atom. The molecule has 0 aliphatic heterocycles. The second-order valence-electron chi connectivity index (χ2n) is 2.98. The molecule has 0 aromatic carbocycles. The molecular formula is C10H10O2. The first kappa shape index (κ1) is 7.45. The van der Waals surface area contributed by atoms with E-state index in [9.17, 15) is 5.11 Å². The first-order chi connectivity index (χ1) is 5.86. The molecule has 2 heteroatoms. The lowest BCUT2D eigenvalue weighted by atomic mass is 10.2. The van der Waals surface area contributed by atoms with Gasteiger partial charge in [-0.1, -0.05) is 11.8 Å². The molecule has 2 rings (SSSR count). The molecule has 1 fully saturated rings. The van der Waals surface area contributed by atoms with Gasteiger partial charge in [-0.05, 0) is 25.0 Å². The first-order valence-corrected chi connectivity index (χ1v) is 4.09. The van der Waals surface area contributed by atoms with E-state index in [1.165, 1.54) is 19.1 Å². The summed E-state index contributed by atoms with van der Waals surface area (Å²) in [6.07, 6.45) is 3.15. The molecule has 1 saturated carbocycles. The highest BCUT2D eigenvalue weighted by Crippen LogP contribution is 2.27. The summed E-state index contributed by atoms with van der Waals surface area (Å²) in [6, 6.07) is 3.48. The van der Waals surface area contributed by atoms with Gasteiger partial charge in [0.25, 0.3) is 0 Å². The minimum atomic E-state index is -0.749. The van der Waals surface area contributed by atoms with Crippen molar-refractivity contribution in [2.45, 2.75) is 18.9 Å². The number of aliphatic hydroxyl groups is 1. The molecule has 1 unspecified atom stereocenters. The van der Waals surface area contributed by atoms with Gasteiger partial charge in [0.15, 0.2) is 6.10 Å². The topological polar surface area (TPSA) is 33.4 Å². The van der Waals surface area contributed by atoms with Crippen LogP contribution in [0, 0.1) is 17.8 Å². The fourth-order valence-corrected chi connectivity index (χ4v) is 0.942. The van der Waals surface area contributed by atoms with Crippen LogP contribution in [0.1, 0.15) is 24.7 Å². The highest BCUT2D eigenvalue weighted by Gasteiger charge is 2.18. The van der Waals surface area contributed by atoms with Crippen LogP contribution < -0.4 is 0 Å². The lowest BCUT2D eigenvalue weighted by Gasteiger charge is -1.95. The summed E-state index contributed by atoms with van der Waals surface area (Å²) in [4.78, 5) is 0. The normalized spacial score (nSPS) is 18.1. The van der Waals surface area contributed by atoms with Gasteiger partial charge in [0.05, 0.1) is 6.26 Å². The summed E-state index contributed by atoms with van der Waals surface area (Å²) in [5.74, 6) is 6.80. The van der Waals surface area contributed by atoms with E-state index in [4.69, 9.17) is 4.42 Å². The highest BCUT2D eigenvalue weighted by atomic mass is 16.4. The lowest BCUT2D eigenvalue weighted by Crippen LogP contribution is -1.90. The fourth-order valence-electron chi connectivity index (χ4n) is 0.942. The standard InChI is InChI=1S/C10H10O2/c11-9(6-5-8-3-4-8)10-2-1-7-12-10/h1-2,7-9,11H,3-4H2. The van der Waals surface area contributed by atoms with Crippen molar-refractivity contribution >= 4 is 0 Å². The minimum Gasteiger partial charge on any atom is -0.466 e. The zero-order valence-electron chi connectivity index (χ0n) is 6.66. The molecule has 1 aromatic heterocycles. The van der Waals surface area contributed by atoms with Crippen molar-refractivity contribution in [2.24, 2.45) is 5.92 Å². The van der Waals surface area contributed by atoms with Crippen LogP contribution in [0.25, 0.3) is 0 Å². The molecule has 62 valence electrons. The number of rotatable bonds is 1. The van der Waals surface area contributed by atoms with Crippen molar-refractivity contribution in [3.05, 3.63) is 24.2 Å². The van der Waals surface area contributed by atoms with E-state index in [2.05, 4.69) is 11.8 Å². The van der Waals surface area contributed by atoms with E-state index in [0.29, 0.717) is 11.7 Å². The summed E-state index contributed by atoms with van der Waals surface area (Å²) in [5.41, 5.74) is 0. The Balaban J connectivity index is 2.01. The van der Waals surface area contributed by atoms with Gasteiger partial charge >= 0.3 is 0 Å². The van der Waals surface area contributed by atoms with Gasteiger partial charge in [-0.25, -0.2) is 0 Å². The van der Waals surface area contributed by atoms with Crippen molar-refractivity contribution in [3.8, 4) is 11.8 Å². The van der Waals surface area contributed by atoms with Crippen molar-refractivity contribution in [1.82, 2.24) is 0 Å². The van der Waals surface area contributed by atoms with Crippen molar-refractivity contribution in [2.75, 3.05) is 0 Å². The van der Waals surface area contributed by atoms with Crippen LogP contribution >= 0.6 is 0 Å². The van der Waals surface area contributed by atoms with Crippen LogP contribution in [-0.4, -0.2) is 5.11 Å². The Bertz CT molecular complexity index is 298. The SMILES string of the molecule is OC(C#CC1CC1)c1ccco1. The average Bonchev–Trinajstić information content (AvgIpc) is 2.74. The van der Waals surface area contributed by atoms with E-state index in [-0.39, 0.29) is 0 Å². The predicted molar refractivity (Wildman–Crippen MR) is 44.2 cm³/mol. The number of hydrogen-bond acceptors (Lipinski definition) is 2. The van der Waals surface area contributed by atoms with Crippen molar-refractivity contribution in [1.29, 1.82) is 0 Å². The second-order valence-corrected chi connectivity index (χ2v) is 2.98. The quantitative estimate of drug-likeness (QED) is 0.638. The molecular weight excluding hydrogens is 152 g/mol. The maximum Gasteiger partial charge on any atom is 0.172 e. The average molecular weight is 162 g/mol. The second kappa shape index (κ2) is 3.04. The molecule has 1 atom stereocenters.